The van der Waals surface area contributed by atoms with Crippen LogP contribution in [-0.2, 0) is 13.0 Å². The molecule has 21 heavy (non-hydrogen) atoms. The van der Waals surface area contributed by atoms with Crippen molar-refractivity contribution < 1.29 is 4.79 Å². The maximum atomic E-state index is 12.0. The maximum Gasteiger partial charge on any atom is 0.251 e. The molecular formula is C16H22N4O. The largest absolute Gasteiger partial charge is 0.352 e. The summed E-state index contributed by atoms with van der Waals surface area (Å²) in [5.41, 5.74) is 7.34. The zero-order valence-corrected chi connectivity index (χ0v) is 12.2. The first-order valence-electron chi connectivity index (χ1n) is 7.32. The van der Waals surface area contributed by atoms with E-state index in [-0.39, 0.29) is 5.91 Å². The van der Waals surface area contributed by atoms with Crippen molar-refractivity contribution in [3.63, 3.8) is 0 Å². The summed E-state index contributed by atoms with van der Waals surface area (Å²) in [6.45, 7) is 2.22. The van der Waals surface area contributed by atoms with E-state index >= 15 is 0 Å². The third-order valence-electron chi connectivity index (χ3n) is 3.31. The topological polar surface area (TPSA) is 72.9 Å². The number of amides is 1. The van der Waals surface area contributed by atoms with Crippen molar-refractivity contribution in [2.45, 2.75) is 25.8 Å². The van der Waals surface area contributed by atoms with Gasteiger partial charge in [-0.25, -0.2) is 4.98 Å². The average molecular weight is 286 g/mol. The molecule has 0 aliphatic heterocycles. The molecule has 5 nitrogen and oxygen atoms in total. The van der Waals surface area contributed by atoms with Gasteiger partial charge in [0.1, 0.15) is 0 Å². The number of aromatic nitrogens is 2. The highest BCUT2D eigenvalue weighted by molar-refractivity contribution is 5.94. The van der Waals surface area contributed by atoms with Crippen molar-refractivity contribution in [3.8, 4) is 0 Å². The molecule has 112 valence electrons. The van der Waals surface area contributed by atoms with E-state index in [9.17, 15) is 4.79 Å². The van der Waals surface area contributed by atoms with Crippen LogP contribution in [0, 0.1) is 0 Å². The molecule has 0 saturated heterocycles. The quantitative estimate of drug-likeness (QED) is 0.724. The van der Waals surface area contributed by atoms with Crippen molar-refractivity contribution in [2.24, 2.45) is 5.73 Å². The van der Waals surface area contributed by atoms with Crippen LogP contribution < -0.4 is 11.1 Å². The highest BCUT2D eigenvalue weighted by atomic mass is 16.1. The Morgan fingerprint density at radius 3 is 3.00 bits per heavy atom. The lowest BCUT2D eigenvalue weighted by molar-refractivity contribution is 0.0953. The first kappa shape index (κ1) is 15.3. The van der Waals surface area contributed by atoms with Gasteiger partial charge in [0.05, 0.1) is 6.33 Å². The molecule has 0 aliphatic rings. The van der Waals surface area contributed by atoms with Gasteiger partial charge in [0, 0.05) is 31.0 Å². The summed E-state index contributed by atoms with van der Waals surface area (Å²) >= 11 is 0. The van der Waals surface area contributed by atoms with Gasteiger partial charge in [-0.15, -0.1) is 0 Å². The highest BCUT2D eigenvalue weighted by Crippen LogP contribution is 2.06. The standard InChI is InChI=1S/C16H22N4O/c17-7-6-14-4-3-5-15(12-14)16(21)19-8-1-2-10-20-11-9-18-13-20/h3-5,9,11-13H,1-2,6-8,10,17H2,(H,19,21). The zero-order valence-electron chi connectivity index (χ0n) is 12.2. The minimum Gasteiger partial charge on any atom is -0.352 e. The maximum absolute atomic E-state index is 12.0. The summed E-state index contributed by atoms with van der Waals surface area (Å²) < 4.78 is 2.04. The minimum absolute atomic E-state index is 0.0171. The first-order chi connectivity index (χ1) is 10.3. The number of nitrogens with one attached hydrogen (secondary N) is 1. The van der Waals surface area contributed by atoms with Crippen molar-refractivity contribution in [1.82, 2.24) is 14.9 Å². The van der Waals surface area contributed by atoms with Crippen LogP contribution in [-0.4, -0.2) is 28.5 Å². The van der Waals surface area contributed by atoms with Crippen LogP contribution >= 0.6 is 0 Å². The van der Waals surface area contributed by atoms with E-state index in [1.54, 1.807) is 6.20 Å². The summed E-state index contributed by atoms with van der Waals surface area (Å²) in [7, 11) is 0. The van der Waals surface area contributed by atoms with Gasteiger partial charge >= 0.3 is 0 Å². The molecule has 2 rings (SSSR count). The van der Waals surface area contributed by atoms with Gasteiger partial charge in [0.15, 0.2) is 0 Å². The first-order valence-corrected chi connectivity index (χ1v) is 7.32. The number of nitrogens with two attached hydrogens (primary N) is 1. The Hall–Kier alpha value is -2.14. The molecule has 1 aromatic carbocycles. The summed E-state index contributed by atoms with van der Waals surface area (Å²) in [4.78, 5) is 16.0. The minimum atomic E-state index is -0.0171. The average Bonchev–Trinajstić information content (AvgIpc) is 3.01. The van der Waals surface area contributed by atoms with Crippen molar-refractivity contribution in [1.29, 1.82) is 0 Å². The Balaban J connectivity index is 1.70. The second kappa shape index (κ2) is 8.21. The van der Waals surface area contributed by atoms with Crippen molar-refractivity contribution >= 4 is 5.91 Å². The molecule has 3 N–H and O–H groups in total. The number of imidazole rings is 1. The highest BCUT2D eigenvalue weighted by Gasteiger charge is 2.05. The second-order valence-electron chi connectivity index (χ2n) is 5.00. The van der Waals surface area contributed by atoms with Crippen LogP contribution in [0.2, 0.25) is 0 Å². The summed E-state index contributed by atoms with van der Waals surface area (Å²) in [6.07, 6.45) is 8.29. The molecular weight excluding hydrogens is 264 g/mol. The fourth-order valence-electron chi connectivity index (χ4n) is 2.18. The number of benzene rings is 1. The van der Waals surface area contributed by atoms with E-state index in [4.69, 9.17) is 5.73 Å². The van der Waals surface area contributed by atoms with Crippen LogP contribution in [0.1, 0.15) is 28.8 Å². The molecule has 1 amide bonds. The molecule has 2 aromatic rings. The number of hydrogen-bond donors (Lipinski definition) is 2. The fourth-order valence-corrected chi connectivity index (χ4v) is 2.18. The van der Waals surface area contributed by atoms with Gasteiger partial charge < -0.3 is 15.6 Å². The zero-order chi connectivity index (χ0) is 14.9. The van der Waals surface area contributed by atoms with Crippen molar-refractivity contribution in [3.05, 3.63) is 54.1 Å². The van der Waals surface area contributed by atoms with Gasteiger partial charge in [-0.2, -0.15) is 0 Å². The SMILES string of the molecule is NCCc1cccc(C(=O)NCCCCn2ccnc2)c1. The lowest BCUT2D eigenvalue weighted by atomic mass is 10.1. The van der Waals surface area contributed by atoms with Gasteiger partial charge in [0.2, 0.25) is 0 Å². The van der Waals surface area contributed by atoms with Gasteiger partial charge in [-0.05, 0) is 43.5 Å². The van der Waals surface area contributed by atoms with Crippen LogP contribution in [0.15, 0.2) is 43.0 Å². The van der Waals surface area contributed by atoms with Gasteiger partial charge in [0.25, 0.3) is 5.91 Å². The monoisotopic (exact) mass is 286 g/mol. The molecule has 5 heteroatoms. The van der Waals surface area contributed by atoms with Gasteiger partial charge in [-0.3, -0.25) is 4.79 Å². The van der Waals surface area contributed by atoms with Gasteiger partial charge in [-0.1, -0.05) is 12.1 Å². The molecule has 1 heterocycles. The van der Waals surface area contributed by atoms with Crippen LogP contribution in [0.5, 0.6) is 0 Å². The van der Waals surface area contributed by atoms with Crippen molar-refractivity contribution in [2.75, 3.05) is 13.1 Å². The number of hydrogen-bond acceptors (Lipinski definition) is 3. The van der Waals surface area contributed by atoms with E-state index in [2.05, 4.69) is 10.3 Å². The Morgan fingerprint density at radius 1 is 1.33 bits per heavy atom. The molecule has 0 atom stereocenters. The smallest absolute Gasteiger partial charge is 0.251 e. The van der Waals surface area contributed by atoms with Crippen LogP contribution in [0.4, 0.5) is 0 Å². The third-order valence-corrected chi connectivity index (χ3v) is 3.31. The molecule has 0 radical (unpaired) electrons. The van der Waals surface area contributed by atoms with E-state index in [1.807, 2.05) is 41.4 Å². The number of unbranched alkanes of at least 4 members (excludes halogenated alkanes) is 1. The number of rotatable bonds is 8. The number of aryl methyl sites for hydroxylation is 1. The Kier molecular flexibility index (Phi) is 5.97. The number of carbonyl (C=O) groups is 1. The number of carbonyl (C=O) groups excluding carboxylic acids is 1. The number of nitrogens with zero attached hydrogens (tertiary/aromatic N) is 2. The van der Waals surface area contributed by atoms with Crippen LogP contribution in [0.25, 0.3) is 0 Å². The lowest BCUT2D eigenvalue weighted by Crippen LogP contribution is -2.24. The second-order valence-corrected chi connectivity index (χ2v) is 5.00. The van der Waals surface area contributed by atoms with E-state index < -0.39 is 0 Å². The molecule has 0 aliphatic carbocycles. The molecule has 0 unspecified atom stereocenters. The third kappa shape index (κ3) is 5.04. The van der Waals surface area contributed by atoms with E-state index in [0.717, 1.165) is 31.4 Å². The predicted octanol–water partition coefficient (Wildman–Crippen LogP) is 1.59. The predicted molar refractivity (Wildman–Crippen MR) is 83.0 cm³/mol. The lowest BCUT2D eigenvalue weighted by Gasteiger charge is -2.07. The molecule has 0 fully saturated rings. The Bertz CT molecular complexity index is 551. The Morgan fingerprint density at radius 2 is 2.24 bits per heavy atom. The molecule has 1 aromatic heterocycles. The summed E-state index contributed by atoms with van der Waals surface area (Å²) in [5, 5.41) is 2.95. The summed E-state index contributed by atoms with van der Waals surface area (Å²) in [5.74, 6) is -0.0171. The van der Waals surface area contributed by atoms with E-state index in [1.165, 1.54) is 0 Å². The Labute approximate surface area is 125 Å². The molecule has 0 spiro atoms. The summed E-state index contributed by atoms with van der Waals surface area (Å²) in [6, 6.07) is 7.64. The molecule has 0 bridgehead atoms. The van der Waals surface area contributed by atoms with E-state index in [0.29, 0.717) is 18.7 Å². The molecule has 0 saturated carbocycles. The normalized spacial score (nSPS) is 10.5. The van der Waals surface area contributed by atoms with Crippen LogP contribution in [0.3, 0.4) is 0 Å². The fraction of sp³-hybridized carbons (Fsp3) is 0.375.